The number of hydrogen-bond donors (Lipinski definition) is 1. The third-order valence-electron chi connectivity index (χ3n) is 2.89. The quantitative estimate of drug-likeness (QED) is 0.799. The van der Waals surface area contributed by atoms with Gasteiger partial charge in [0, 0.05) is 38.4 Å². The second-order valence-electron chi connectivity index (χ2n) is 4.19. The molecule has 1 N–H and O–H groups in total. The lowest BCUT2D eigenvalue weighted by molar-refractivity contribution is -0.134. The average molecular weight is 223 g/mol. The number of imidazole rings is 1. The van der Waals surface area contributed by atoms with Gasteiger partial charge < -0.3 is 14.6 Å². The van der Waals surface area contributed by atoms with Crippen LogP contribution in [-0.2, 0) is 11.3 Å². The first-order valence-electron chi connectivity index (χ1n) is 5.67. The fourth-order valence-corrected chi connectivity index (χ4v) is 1.98. The van der Waals surface area contributed by atoms with Gasteiger partial charge in [0.25, 0.3) is 0 Å². The van der Waals surface area contributed by atoms with Gasteiger partial charge in [-0.1, -0.05) is 0 Å². The smallest absolute Gasteiger partial charge is 0.224 e. The van der Waals surface area contributed by atoms with Gasteiger partial charge in [-0.3, -0.25) is 4.79 Å². The van der Waals surface area contributed by atoms with Crippen molar-refractivity contribution in [1.29, 1.82) is 0 Å². The van der Waals surface area contributed by atoms with E-state index in [9.17, 15) is 9.90 Å². The van der Waals surface area contributed by atoms with Gasteiger partial charge in [-0.05, 0) is 12.8 Å². The molecule has 16 heavy (non-hydrogen) atoms. The number of hydrogen-bond acceptors (Lipinski definition) is 3. The third kappa shape index (κ3) is 2.82. The SMILES string of the molecule is O=C(CCn1ccnc1)N1CCC[C@H](O)C1. The van der Waals surface area contributed by atoms with E-state index in [1.165, 1.54) is 0 Å². The van der Waals surface area contributed by atoms with Crippen molar-refractivity contribution < 1.29 is 9.90 Å². The number of amides is 1. The summed E-state index contributed by atoms with van der Waals surface area (Å²) in [6.45, 7) is 1.92. The monoisotopic (exact) mass is 223 g/mol. The predicted octanol–water partition coefficient (Wildman–Crippen LogP) is 0.257. The number of piperidine rings is 1. The Labute approximate surface area is 94.7 Å². The number of aromatic nitrogens is 2. The minimum atomic E-state index is -0.342. The van der Waals surface area contributed by atoms with Crippen LogP contribution >= 0.6 is 0 Å². The Hall–Kier alpha value is -1.36. The zero-order valence-electron chi connectivity index (χ0n) is 9.25. The van der Waals surface area contributed by atoms with Crippen molar-refractivity contribution in [3.8, 4) is 0 Å². The third-order valence-corrected chi connectivity index (χ3v) is 2.89. The highest BCUT2D eigenvalue weighted by atomic mass is 16.3. The lowest BCUT2D eigenvalue weighted by atomic mass is 10.1. The highest BCUT2D eigenvalue weighted by molar-refractivity contribution is 5.76. The summed E-state index contributed by atoms with van der Waals surface area (Å²) in [4.78, 5) is 17.5. The number of carbonyl (C=O) groups is 1. The van der Waals surface area contributed by atoms with Crippen molar-refractivity contribution in [2.24, 2.45) is 0 Å². The molecule has 0 aromatic carbocycles. The number of nitrogens with zero attached hydrogens (tertiary/aromatic N) is 3. The largest absolute Gasteiger partial charge is 0.391 e. The van der Waals surface area contributed by atoms with Crippen molar-refractivity contribution in [3.63, 3.8) is 0 Å². The first-order valence-corrected chi connectivity index (χ1v) is 5.67. The van der Waals surface area contributed by atoms with Gasteiger partial charge in [0.15, 0.2) is 0 Å². The fraction of sp³-hybridized carbons (Fsp3) is 0.636. The first-order chi connectivity index (χ1) is 7.75. The molecule has 1 amide bonds. The molecule has 1 fully saturated rings. The molecule has 2 heterocycles. The topological polar surface area (TPSA) is 58.4 Å². The first kappa shape index (κ1) is 11.1. The molecule has 1 atom stereocenters. The number of aryl methyl sites for hydroxylation is 1. The molecule has 1 aliphatic heterocycles. The van der Waals surface area contributed by atoms with Gasteiger partial charge in [0.1, 0.15) is 0 Å². The van der Waals surface area contributed by atoms with Crippen molar-refractivity contribution in [2.75, 3.05) is 13.1 Å². The van der Waals surface area contributed by atoms with Gasteiger partial charge >= 0.3 is 0 Å². The molecule has 1 saturated heterocycles. The van der Waals surface area contributed by atoms with E-state index in [0.717, 1.165) is 19.4 Å². The summed E-state index contributed by atoms with van der Waals surface area (Å²) in [6.07, 6.45) is 7.10. The zero-order valence-corrected chi connectivity index (χ0v) is 9.25. The Bertz CT molecular complexity index is 337. The Kier molecular flexibility index (Phi) is 3.56. The van der Waals surface area contributed by atoms with Gasteiger partial charge in [-0.15, -0.1) is 0 Å². The van der Waals surface area contributed by atoms with Crippen molar-refractivity contribution in [1.82, 2.24) is 14.5 Å². The van der Waals surface area contributed by atoms with E-state index in [0.29, 0.717) is 19.5 Å². The lowest BCUT2D eigenvalue weighted by Crippen LogP contribution is -2.42. The molecule has 0 unspecified atom stereocenters. The molecule has 0 saturated carbocycles. The standard InChI is InChI=1S/C11H17N3O2/c15-10-2-1-5-14(8-10)11(16)3-6-13-7-4-12-9-13/h4,7,9-10,15H,1-3,5-6,8H2/t10-/m0/s1. The molecule has 1 aromatic heterocycles. The summed E-state index contributed by atoms with van der Waals surface area (Å²) < 4.78 is 1.89. The second kappa shape index (κ2) is 5.12. The molecule has 5 heteroatoms. The van der Waals surface area contributed by atoms with Crippen LogP contribution in [0.5, 0.6) is 0 Å². The van der Waals surface area contributed by atoms with Crippen LogP contribution in [0.1, 0.15) is 19.3 Å². The summed E-state index contributed by atoms with van der Waals surface area (Å²) in [7, 11) is 0. The summed E-state index contributed by atoms with van der Waals surface area (Å²) in [5.74, 6) is 0.118. The summed E-state index contributed by atoms with van der Waals surface area (Å²) in [5.41, 5.74) is 0. The molecular weight excluding hydrogens is 206 g/mol. The summed E-state index contributed by atoms with van der Waals surface area (Å²) in [5, 5.41) is 9.47. The Balaban J connectivity index is 1.79. The molecule has 88 valence electrons. The molecule has 0 radical (unpaired) electrons. The van der Waals surface area contributed by atoms with E-state index in [1.807, 2.05) is 10.8 Å². The van der Waals surface area contributed by atoms with Crippen molar-refractivity contribution in [2.45, 2.75) is 31.9 Å². The molecular formula is C11H17N3O2. The molecule has 0 bridgehead atoms. The van der Waals surface area contributed by atoms with Crippen molar-refractivity contribution in [3.05, 3.63) is 18.7 Å². The number of aliphatic hydroxyl groups is 1. The van der Waals surface area contributed by atoms with Crippen LogP contribution in [0.2, 0.25) is 0 Å². The number of likely N-dealkylation sites (tertiary alicyclic amines) is 1. The fourth-order valence-electron chi connectivity index (χ4n) is 1.98. The van der Waals surface area contributed by atoms with Crippen LogP contribution in [0.3, 0.4) is 0 Å². The number of β-amino-alcohol motifs (C(OH)–C–C–N with tert-alkyl or cyclic N) is 1. The highest BCUT2D eigenvalue weighted by Crippen LogP contribution is 2.11. The van der Waals surface area contributed by atoms with E-state index in [1.54, 1.807) is 17.4 Å². The molecule has 0 aliphatic carbocycles. The van der Waals surface area contributed by atoms with Crippen molar-refractivity contribution >= 4 is 5.91 Å². The Morgan fingerprint density at radius 2 is 2.44 bits per heavy atom. The number of aliphatic hydroxyl groups excluding tert-OH is 1. The van der Waals surface area contributed by atoms with E-state index in [4.69, 9.17) is 0 Å². The minimum Gasteiger partial charge on any atom is -0.391 e. The van der Waals surface area contributed by atoms with Gasteiger partial charge in [-0.25, -0.2) is 4.98 Å². The van der Waals surface area contributed by atoms with E-state index in [2.05, 4.69) is 4.98 Å². The summed E-state index contributed by atoms with van der Waals surface area (Å²) >= 11 is 0. The highest BCUT2D eigenvalue weighted by Gasteiger charge is 2.21. The number of carbonyl (C=O) groups excluding carboxylic acids is 1. The lowest BCUT2D eigenvalue weighted by Gasteiger charge is -2.30. The van der Waals surface area contributed by atoms with Crippen LogP contribution in [0.4, 0.5) is 0 Å². The maximum Gasteiger partial charge on any atom is 0.224 e. The van der Waals surface area contributed by atoms with Crippen LogP contribution in [0, 0.1) is 0 Å². The maximum absolute atomic E-state index is 11.8. The predicted molar refractivity (Wildman–Crippen MR) is 58.7 cm³/mol. The minimum absolute atomic E-state index is 0.118. The number of rotatable bonds is 3. The van der Waals surface area contributed by atoms with Gasteiger partial charge in [0.2, 0.25) is 5.91 Å². The zero-order chi connectivity index (χ0) is 11.4. The summed E-state index contributed by atoms with van der Waals surface area (Å²) in [6, 6.07) is 0. The maximum atomic E-state index is 11.8. The Morgan fingerprint density at radius 3 is 3.12 bits per heavy atom. The van der Waals surface area contributed by atoms with Crippen LogP contribution in [-0.4, -0.2) is 44.7 Å². The molecule has 1 aliphatic rings. The second-order valence-corrected chi connectivity index (χ2v) is 4.19. The molecule has 0 spiro atoms. The van der Waals surface area contributed by atoms with Crippen LogP contribution < -0.4 is 0 Å². The molecule has 1 aromatic rings. The molecule has 5 nitrogen and oxygen atoms in total. The van der Waals surface area contributed by atoms with E-state index >= 15 is 0 Å². The normalized spacial score (nSPS) is 21.1. The Morgan fingerprint density at radius 1 is 1.56 bits per heavy atom. The van der Waals surface area contributed by atoms with E-state index < -0.39 is 0 Å². The van der Waals surface area contributed by atoms with Crippen LogP contribution in [0.25, 0.3) is 0 Å². The average Bonchev–Trinajstić information content (AvgIpc) is 2.78. The van der Waals surface area contributed by atoms with Crippen LogP contribution in [0.15, 0.2) is 18.7 Å². The molecule has 2 rings (SSSR count). The van der Waals surface area contributed by atoms with Gasteiger partial charge in [0.05, 0.1) is 12.4 Å². The van der Waals surface area contributed by atoms with Gasteiger partial charge in [-0.2, -0.15) is 0 Å². The van der Waals surface area contributed by atoms with E-state index in [-0.39, 0.29) is 12.0 Å².